The topological polar surface area (TPSA) is 54.7 Å². The van der Waals surface area contributed by atoms with Crippen molar-refractivity contribution < 1.29 is 13.5 Å². The Morgan fingerprint density at radius 2 is 1.85 bits per heavy atom. The number of halogens is 2. The summed E-state index contributed by atoms with van der Waals surface area (Å²) < 4.78 is 35.1. The highest BCUT2D eigenvalue weighted by Crippen LogP contribution is 2.31. The van der Waals surface area contributed by atoms with Crippen LogP contribution in [0.5, 0.6) is 5.75 Å². The maximum Gasteiger partial charge on any atom is 0.191 e. The predicted molar refractivity (Wildman–Crippen MR) is 96.3 cm³/mol. The van der Waals surface area contributed by atoms with Crippen molar-refractivity contribution in [1.29, 1.82) is 0 Å². The molecule has 0 aliphatic carbocycles. The van der Waals surface area contributed by atoms with E-state index in [0.717, 1.165) is 43.1 Å². The molecule has 6 nitrogen and oxygen atoms in total. The summed E-state index contributed by atoms with van der Waals surface area (Å²) in [5.74, 6) is -0.639. The van der Waals surface area contributed by atoms with Crippen LogP contribution in [-0.4, -0.2) is 46.9 Å². The summed E-state index contributed by atoms with van der Waals surface area (Å²) >= 11 is 0. The van der Waals surface area contributed by atoms with E-state index in [9.17, 15) is 8.78 Å². The SMILES string of the molecule is Fc1cccc(F)c1OC1CN(c2c3c(nc4ccnn24)CCNCC3)C1. The Labute approximate surface area is 154 Å². The van der Waals surface area contributed by atoms with Gasteiger partial charge in [0.2, 0.25) is 0 Å². The van der Waals surface area contributed by atoms with E-state index < -0.39 is 11.6 Å². The van der Waals surface area contributed by atoms with Crippen molar-refractivity contribution in [2.24, 2.45) is 0 Å². The first-order valence-corrected chi connectivity index (χ1v) is 9.12. The van der Waals surface area contributed by atoms with Gasteiger partial charge in [-0.1, -0.05) is 6.07 Å². The van der Waals surface area contributed by atoms with Crippen LogP contribution in [0, 0.1) is 11.6 Å². The summed E-state index contributed by atoms with van der Waals surface area (Å²) in [5, 5.41) is 7.83. The zero-order chi connectivity index (χ0) is 18.4. The average molecular weight is 371 g/mol. The lowest BCUT2D eigenvalue weighted by Gasteiger charge is -2.41. The summed E-state index contributed by atoms with van der Waals surface area (Å²) in [7, 11) is 0. The van der Waals surface area contributed by atoms with Gasteiger partial charge in [-0.15, -0.1) is 0 Å². The highest BCUT2D eigenvalue weighted by Gasteiger charge is 2.34. The number of fused-ring (bicyclic) bond motifs is 2. The molecular formula is C19H19F2N5O. The van der Waals surface area contributed by atoms with E-state index in [1.54, 1.807) is 6.20 Å². The van der Waals surface area contributed by atoms with E-state index >= 15 is 0 Å². The molecule has 0 spiro atoms. The molecule has 0 bridgehead atoms. The van der Waals surface area contributed by atoms with Crippen molar-refractivity contribution in [3.05, 3.63) is 53.4 Å². The molecule has 1 fully saturated rings. The van der Waals surface area contributed by atoms with Crippen molar-refractivity contribution in [2.45, 2.75) is 18.9 Å². The first-order chi connectivity index (χ1) is 13.2. The van der Waals surface area contributed by atoms with Crippen LogP contribution in [0.2, 0.25) is 0 Å². The minimum absolute atomic E-state index is 0.269. The maximum absolute atomic E-state index is 13.8. The van der Waals surface area contributed by atoms with E-state index in [1.807, 2.05) is 10.6 Å². The van der Waals surface area contributed by atoms with Gasteiger partial charge in [-0.25, -0.2) is 13.8 Å². The average Bonchev–Trinajstić information content (AvgIpc) is 2.95. The number of hydrogen-bond acceptors (Lipinski definition) is 5. The zero-order valence-corrected chi connectivity index (χ0v) is 14.7. The van der Waals surface area contributed by atoms with E-state index in [1.165, 1.54) is 23.8 Å². The predicted octanol–water partition coefficient (Wildman–Crippen LogP) is 1.96. The van der Waals surface area contributed by atoms with E-state index in [0.29, 0.717) is 13.1 Å². The number of hydrogen-bond donors (Lipinski definition) is 1. The Bertz CT molecular complexity index is 979. The summed E-state index contributed by atoms with van der Waals surface area (Å²) in [6.45, 7) is 2.89. The lowest BCUT2D eigenvalue weighted by Crippen LogP contribution is -2.55. The second kappa shape index (κ2) is 6.45. The molecule has 1 N–H and O–H groups in total. The number of benzene rings is 1. The Hall–Kier alpha value is -2.74. The van der Waals surface area contributed by atoms with Crippen molar-refractivity contribution in [2.75, 3.05) is 31.1 Å². The Morgan fingerprint density at radius 1 is 1.07 bits per heavy atom. The Kier molecular flexibility index (Phi) is 3.93. The quantitative estimate of drug-likeness (QED) is 0.763. The molecular weight excluding hydrogens is 352 g/mol. The van der Waals surface area contributed by atoms with Gasteiger partial charge in [0.25, 0.3) is 0 Å². The fourth-order valence-electron chi connectivity index (χ4n) is 3.79. The van der Waals surface area contributed by atoms with E-state index in [-0.39, 0.29) is 11.9 Å². The lowest BCUT2D eigenvalue weighted by molar-refractivity contribution is 0.152. The van der Waals surface area contributed by atoms with Crippen LogP contribution in [0.15, 0.2) is 30.5 Å². The third-order valence-corrected chi connectivity index (χ3v) is 5.13. The number of anilines is 1. The minimum atomic E-state index is -0.674. The largest absolute Gasteiger partial charge is 0.481 e. The fraction of sp³-hybridized carbons (Fsp3) is 0.368. The van der Waals surface area contributed by atoms with Crippen LogP contribution >= 0.6 is 0 Å². The maximum atomic E-state index is 13.8. The van der Waals surface area contributed by atoms with Gasteiger partial charge in [0.05, 0.1) is 25.0 Å². The monoisotopic (exact) mass is 371 g/mol. The fourth-order valence-corrected chi connectivity index (χ4v) is 3.79. The standard InChI is InChI=1S/C19H19F2N5O/c20-14-2-1-3-15(21)18(14)27-12-10-25(11-12)19-13-4-7-22-8-5-16(13)24-17-6-9-23-26(17)19/h1-3,6,9,12,22H,4-5,7-8,10-11H2. The van der Waals surface area contributed by atoms with Gasteiger partial charge in [0.15, 0.2) is 23.0 Å². The first kappa shape index (κ1) is 16.4. The number of ether oxygens (including phenoxy) is 1. The summed E-state index contributed by atoms with van der Waals surface area (Å²) in [4.78, 5) is 6.90. The number of aromatic nitrogens is 3. The van der Waals surface area contributed by atoms with Gasteiger partial charge in [-0.3, -0.25) is 0 Å². The van der Waals surface area contributed by atoms with Crippen molar-refractivity contribution in [1.82, 2.24) is 19.9 Å². The Morgan fingerprint density at radius 3 is 2.67 bits per heavy atom. The molecule has 8 heteroatoms. The van der Waals surface area contributed by atoms with Gasteiger partial charge in [-0.2, -0.15) is 9.61 Å². The van der Waals surface area contributed by atoms with Crippen LogP contribution in [0.1, 0.15) is 11.3 Å². The Balaban J connectivity index is 1.43. The third kappa shape index (κ3) is 2.80. The molecule has 2 aromatic heterocycles. The third-order valence-electron chi connectivity index (χ3n) is 5.13. The molecule has 0 atom stereocenters. The summed E-state index contributed by atoms with van der Waals surface area (Å²) in [5.41, 5.74) is 3.09. The van der Waals surface area contributed by atoms with Crippen LogP contribution < -0.4 is 15.0 Å². The summed E-state index contributed by atoms with van der Waals surface area (Å²) in [6.07, 6.45) is 3.22. The smallest absolute Gasteiger partial charge is 0.191 e. The first-order valence-electron chi connectivity index (χ1n) is 9.12. The van der Waals surface area contributed by atoms with Gasteiger partial charge in [0, 0.05) is 24.6 Å². The van der Waals surface area contributed by atoms with Crippen LogP contribution in [-0.2, 0) is 12.8 Å². The molecule has 27 heavy (non-hydrogen) atoms. The molecule has 1 aromatic carbocycles. The van der Waals surface area contributed by atoms with Crippen molar-refractivity contribution in [3.63, 3.8) is 0 Å². The molecule has 0 amide bonds. The normalized spacial score (nSPS) is 17.5. The number of rotatable bonds is 3. The molecule has 4 heterocycles. The highest BCUT2D eigenvalue weighted by atomic mass is 19.1. The van der Waals surface area contributed by atoms with Crippen molar-refractivity contribution >= 4 is 11.5 Å². The molecule has 5 rings (SSSR count). The van der Waals surface area contributed by atoms with E-state index in [4.69, 9.17) is 9.72 Å². The molecule has 1 saturated heterocycles. The molecule has 2 aliphatic heterocycles. The number of nitrogens with one attached hydrogen (secondary N) is 1. The van der Waals surface area contributed by atoms with Gasteiger partial charge >= 0.3 is 0 Å². The molecule has 0 radical (unpaired) electrons. The molecule has 140 valence electrons. The molecule has 0 saturated carbocycles. The summed E-state index contributed by atoms with van der Waals surface area (Å²) in [6, 6.07) is 5.64. The van der Waals surface area contributed by atoms with E-state index in [2.05, 4.69) is 15.3 Å². The molecule has 0 unspecified atom stereocenters. The van der Waals surface area contributed by atoms with Crippen LogP contribution in [0.25, 0.3) is 5.65 Å². The van der Waals surface area contributed by atoms with Crippen LogP contribution in [0.4, 0.5) is 14.6 Å². The van der Waals surface area contributed by atoms with Gasteiger partial charge < -0.3 is 15.0 Å². The molecule has 3 aromatic rings. The van der Waals surface area contributed by atoms with Crippen molar-refractivity contribution in [3.8, 4) is 5.75 Å². The lowest BCUT2D eigenvalue weighted by atomic mass is 10.1. The second-order valence-corrected chi connectivity index (χ2v) is 6.91. The minimum Gasteiger partial charge on any atom is -0.481 e. The van der Waals surface area contributed by atoms with Crippen LogP contribution in [0.3, 0.4) is 0 Å². The zero-order valence-electron chi connectivity index (χ0n) is 14.7. The second-order valence-electron chi connectivity index (χ2n) is 6.91. The molecule has 2 aliphatic rings. The number of nitrogens with zero attached hydrogens (tertiary/aromatic N) is 4. The van der Waals surface area contributed by atoms with Gasteiger partial charge in [-0.05, 0) is 25.1 Å². The highest BCUT2D eigenvalue weighted by molar-refractivity contribution is 5.59. The number of para-hydroxylation sites is 1. The van der Waals surface area contributed by atoms with Gasteiger partial charge in [0.1, 0.15) is 11.9 Å².